The topological polar surface area (TPSA) is 58.2 Å². The third kappa shape index (κ3) is 4.71. The summed E-state index contributed by atoms with van der Waals surface area (Å²) in [4.78, 5) is 24.0. The number of hydrogen-bond donors (Lipinski definition) is 2. The highest BCUT2D eigenvalue weighted by Gasteiger charge is 2.13. The summed E-state index contributed by atoms with van der Waals surface area (Å²) in [5, 5.41) is 6.44. The van der Waals surface area contributed by atoms with Gasteiger partial charge in [0.2, 0.25) is 11.8 Å². The predicted molar refractivity (Wildman–Crippen MR) is 94.3 cm³/mol. The Morgan fingerprint density at radius 3 is 2.30 bits per heavy atom. The smallest absolute Gasteiger partial charge is 0.233 e. The van der Waals surface area contributed by atoms with Crippen LogP contribution in [0.1, 0.15) is 17.5 Å². The molecule has 0 saturated carbocycles. The van der Waals surface area contributed by atoms with Crippen LogP contribution in [-0.4, -0.2) is 11.8 Å². The summed E-state index contributed by atoms with van der Waals surface area (Å²) in [6, 6.07) is 10.4. The molecule has 0 atom stereocenters. The molecular weight excluding hydrogens is 335 g/mol. The molecule has 0 aliphatic rings. The number of carbonyl (C=O) groups is 2. The standard InChI is InChI=1S/C17H16Cl2N2O2/c1-10-6-7-12(18)8-15(10)21-17(23)9-16(22)20-14-5-3-4-13(19)11(14)2/h3-8H,9H2,1-2H3,(H,20,22)(H,21,23). The van der Waals surface area contributed by atoms with Gasteiger partial charge in [-0.25, -0.2) is 0 Å². The molecule has 120 valence electrons. The van der Waals surface area contributed by atoms with Crippen LogP contribution in [-0.2, 0) is 9.59 Å². The molecule has 0 bridgehead atoms. The fraction of sp³-hybridized carbons (Fsp3) is 0.176. The summed E-state index contributed by atoms with van der Waals surface area (Å²) in [5.74, 6) is -0.819. The summed E-state index contributed by atoms with van der Waals surface area (Å²) in [7, 11) is 0. The minimum Gasteiger partial charge on any atom is -0.325 e. The molecule has 0 saturated heterocycles. The molecule has 2 aromatic rings. The van der Waals surface area contributed by atoms with E-state index in [1.54, 1.807) is 43.3 Å². The SMILES string of the molecule is Cc1ccc(Cl)cc1NC(=O)CC(=O)Nc1cccc(Cl)c1C. The van der Waals surface area contributed by atoms with Gasteiger partial charge in [-0.1, -0.05) is 35.3 Å². The Labute approximate surface area is 144 Å². The molecule has 0 aromatic heterocycles. The van der Waals surface area contributed by atoms with E-state index in [-0.39, 0.29) is 6.42 Å². The van der Waals surface area contributed by atoms with Gasteiger partial charge in [-0.15, -0.1) is 0 Å². The van der Waals surface area contributed by atoms with E-state index in [4.69, 9.17) is 23.2 Å². The number of amides is 2. The van der Waals surface area contributed by atoms with Crippen molar-refractivity contribution in [2.45, 2.75) is 20.3 Å². The van der Waals surface area contributed by atoms with Crippen LogP contribution in [0.4, 0.5) is 11.4 Å². The monoisotopic (exact) mass is 350 g/mol. The number of rotatable bonds is 4. The van der Waals surface area contributed by atoms with Crippen LogP contribution in [0.15, 0.2) is 36.4 Å². The number of anilines is 2. The number of halogens is 2. The van der Waals surface area contributed by atoms with Gasteiger partial charge in [-0.3, -0.25) is 9.59 Å². The normalized spacial score (nSPS) is 10.3. The Balaban J connectivity index is 1.98. The van der Waals surface area contributed by atoms with Crippen molar-refractivity contribution in [3.05, 3.63) is 57.6 Å². The minimum atomic E-state index is -0.410. The van der Waals surface area contributed by atoms with E-state index < -0.39 is 11.8 Å². The lowest BCUT2D eigenvalue weighted by atomic mass is 10.2. The Bertz CT molecular complexity index is 746. The van der Waals surface area contributed by atoms with Gasteiger partial charge in [0.1, 0.15) is 6.42 Å². The van der Waals surface area contributed by atoms with Gasteiger partial charge in [0.15, 0.2) is 0 Å². The summed E-state index contributed by atoms with van der Waals surface area (Å²) in [5.41, 5.74) is 2.81. The van der Waals surface area contributed by atoms with Crippen molar-refractivity contribution in [1.82, 2.24) is 0 Å². The molecule has 2 amide bonds. The Morgan fingerprint density at radius 2 is 1.61 bits per heavy atom. The molecule has 0 unspecified atom stereocenters. The van der Waals surface area contributed by atoms with Crippen molar-refractivity contribution in [3.8, 4) is 0 Å². The second kappa shape index (κ2) is 7.49. The second-order valence-corrected chi connectivity index (χ2v) is 5.99. The lowest BCUT2D eigenvalue weighted by molar-refractivity contribution is -0.123. The van der Waals surface area contributed by atoms with E-state index >= 15 is 0 Å². The Hall–Kier alpha value is -2.04. The van der Waals surface area contributed by atoms with E-state index in [1.807, 2.05) is 6.92 Å². The molecule has 2 N–H and O–H groups in total. The van der Waals surface area contributed by atoms with E-state index in [0.29, 0.717) is 21.4 Å². The molecule has 6 heteroatoms. The van der Waals surface area contributed by atoms with Crippen LogP contribution in [0, 0.1) is 13.8 Å². The van der Waals surface area contributed by atoms with Crippen molar-refractivity contribution < 1.29 is 9.59 Å². The number of hydrogen-bond acceptors (Lipinski definition) is 2. The van der Waals surface area contributed by atoms with Crippen LogP contribution in [0.25, 0.3) is 0 Å². The first-order valence-electron chi connectivity index (χ1n) is 6.98. The summed E-state index contributed by atoms with van der Waals surface area (Å²) in [6.07, 6.45) is -0.294. The number of aryl methyl sites for hydroxylation is 1. The lowest BCUT2D eigenvalue weighted by Crippen LogP contribution is -2.22. The molecule has 23 heavy (non-hydrogen) atoms. The third-order valence-corrected chi connectivity index (χ3v) is 3.98. The van der Waals surface area contributed by atoms with Crippen molar-refractivity contribution in [1.29, 1.82) is 0 Å². The van der Waals surface area contributed by atoms with E-state index in [1.165, 1.54) is 0 Å². The molecule has 2 aromatic carbocycles. The van der Waals surface area contributed by atoms with Crippen LogP contribution in [0.5, 0.6) is 0 Å². The highest BCUT2D eigenvalue weighted by Crippen LogP contribution is 2.23. The Kier molecular flexibility index (Phi) is 5.64. The maximum atomic E-state index is 12.0. The van der Waals surface area contributed by atoms with Crippen LogP contribution < -0.4 is 10.6 Å². The summed E-state index contributed by atoms with van der Waals surface area (Å²) < 4.78 is 0. The first-order valence-corrected chi connectivity index (χ1v) is 7.73. The third-order valence-electron chi connectivity index (χ3n) is 3.34. The highest BCUT2D eigenvalue weighted by molar-refractivity contribution is 6.32. The number of nitrogens with one attached hydrogen (secondary N) is 2. The molecule has 0 heterocycles. The minimum absolute atomic E-state index is 0.294. The van der Waals surface area contributed by atoms with Gasteiger partial charge < -0.3 is 10.6 Å². The fourth-order valence-electron chi connectivity index (χ4n) is 2.01. The molecule has 0 aliphatic carbocycles. The second-order valence-electron chi connectivity index (χ2n) is 5.14. The van der Waals surface area contributed by atoms with Crippen molar-refractivity contribution in [2.75, 3.05) is 10.6 Å². The zero-order chi connectivity index (χ0) is 17.0. The Morgan fingerprint density at radius 1 is 0.957 bits per heavy atom. The zero-order valence-corrected chi connectivity index (χ0v) is 14.3. The van der Waals surface area contributed by atoms with Gasteiger partial charge in [-0.2, -0.15) is 0 Å². The van der Waals surface area contributed by atoms with Gasteiger partial charge in [-0.05, 0) is 49.2 Å². The van der Waals surface area contributed by atoms with Crippen LogP contribution in [0.2, 0.25) is 10.0 Å². The van der Waals surface area contributed by atoms with Crippen molar-refractivity contribution >= 4 is 46.4 Å². The summed E-state index contributed by atoms with van der Waals surface area (Å²) >= 11 is 11.9. The molecular formula is C17H16Cl2N2O2. The maximum absolute atomic E-state index is 12.0. The molecule has 0 aliphatic heterocycles. The highest BCUT2D eigenvalue weighted by atomic mass is 35.5. The average molecular weight is 351 g/mol. The van der Waals surface area contributed by atoms with Crippen LogP contribution >= 0.6 is 23.2 Å². The number of benzene rings is 2. The van der Waals surface area contributed by atoms with E-state index in [0.717, 1.165) is 11.1 Å². The predicted octanol–water partition coefficient (Wildman–Crippen LogP) is 4.58. The quantitative estimate of drug-likeness (QED) is 0.793. The maximum Gasteiger partial charge on any atom is 0.233 e. The fourth-order valence-corrected chi connectivity index (χ4v) is 2.35. The van der Waals surface area contributed by atoms with Crippen LogP contribution in [0.3, 0.4) is 0 Å². The van der Waals surface area contributed by atoms with Gasteiger partial charge in [0.05, 0.1) is 0 Å². The molecule has 0 radical (unpaired) electrons. The van der Waals surface area contributed by atoms with Gasteiger partial charge in [0, 0.05) is 21.4 Å². The first-order chi connectivity index (χ1) is 10.9. The first kappa shape index (κ1) is 17.3. The van der Waals surface area contributed by atoms with Gasteiger partial charge >= 0.3 is 0 Å². The molecule has 4 nitrogen and oxygen atoms in total. The lowest BCUT2D eigenvalue weighted by Gasteiger charge is -2.11. The van der Waals surface area contributed by atoms with Gasteiger partial charge in [0.25, 0.3) is 0 Å². The molecule has 2 rings (SSSR count). The van der Waals surface area contributed by atoms with Crippen molar-refractivity contribution in [3.63, 3.8) is 0 Å². The average Bonchev–Trinajstić information content (AvgIpc) is 2.47. The van der Waals surface area contributed by atoms with E-state index in [9.17, 15) is 9.59 Å². The molecule has 0 fully saturated rings. The molecule has 0 spiro atoms. The van der Waals surface area contributed by atoms with E-state index in [2.05, 4.69) is 10.6 Å². The van der Waals surface area contributed by atoms with Crippen molar-refractivity contribution in [2.24, 2.45) is 0 Å². The number of carbonyl (C=O) groups excluding carboxylic acids is 2. The largest absolute Gasteiger partial charge is 0.325 e. The zero-order valence-electron chi connectivity index (χ0n) is 12.7. The summed E-state index contributed by atoms with van der Waals surface area (Å²) in [6.45, 7) is 3.65.